The van der Waals surface area contributed by atoms with Gasteiger partial charge in [-0.1, -0.05) is 0 Å². The molecule has 0 amide bonds. The van der Waals surface area contributed by atoms with Gasteiger partial charge in [-0.2, -0.15) is 4.31 Å². The Morgan fingerprint density at radius 1 is 1.03 bits per heavy atom. The standard InChI is InChI=1S/C20H24N2O8S2/c1-3-30-17-9-7-15(13-19(17)32(27,28)22-10-4-5-11-22)21-31(25,26)18-12-14(20(23)24)6-8-16(18)29-2/h6-9,12-13,21H,3-5,10-11H2,1-2H3,(H,23,24). The number of nitrogens with zero attached hydrogens (tertiary/aromatic N) is 1. The minimum atomic E-state index is -4.31. The van der Waals surface area contributed by atoms with Crippen LogP contribution < -0.4 is 14.2 Å². The van der Waals surface area contributed by atoms with E-state index in [1.165, 1.54) is 41.7 Å². The van der Waals surface area contributed by atoms with Crippen LogP contribution in [0.15, 0.2) is 46.2 Å². The summed E-state index contributed by atoms with van der Waals surface area (Å²) in [5, 5.41) is 9.20. The molecule has 0 radical (unpaired) electrons. The molecule has 12 heteroatoms. The average Bonchev–Trinajstić information content (AvgIpc) is 3.30. The Hall–Kier alpha value is -2.83. The quantitative estimate of drug-likeness (QED) is 0.553. The zero-order valence-corrected chi connectivity index (χ0v) is 19.2. The third-order valence-corrected chi connectivity index (χ3v) is 8.20. The summed E-state index contributed by atoms with van der Waals surface area (Å²) >= 11 is 0. The minimum absolute atomic E-state index is 0.0194. The third-order valence-electron chi connectivity index (χ3n) is 4.88. The maximum atomic E-state index is 13.1. The van der Waals surface area contributed by atoms with Gasteiger partial charge >= 0.3 is 5.97 Å². The molecule has 3 rings (SSSR count). The van der Waals surface area contributed by atoms with Crippen molar-refractivity contribution in [2.45, 2.75) is 29.6 Å². The molecule has 0 bridgehead atoms. The van der Waals surface area contributed by atoms with Gasteiger partial charge in [0.25, 0.3) is 10.0 Å². The van der Waals surface area contributed by atoms with Gasteiger partial charge in [0.05, 0.1) is 25.0 Å². The normalized spacial score (nSPS) is 14.8. The summed E-state index contributed by atoms with van der Waals surface area (Å²) in [5.74, 6) is -1.24. The predicted molar refractivity (Wildman–Crippen MR) is 116 cm³/mol. The molecule has 2 N–H and O–H groups in total. The summed E-state index contributed by atoms with van der Waals surface area (Å²) in [4.78, 5) is 10.7. The highest BCUT2D eigenvalue weighted by Gasteiger charge is 2.31. The fourth-order valence-corrected chi connectivity index (χ4v) is 6.27. The number of benzene rings is 2. The van der Waals surface area contributed by atoms with E-state index in [0.717, 1.165) is 18.9 Å². The van der Waals surface area contributed by atoms with Gasteiger partial charge < -0.3 is 14.6 Å². The first kappa shape index (κ1) is 23.8. The molecule has 0 spiro atoms. The van der Waals surface area contributed by atoms with Crippen LogP contribution >= 0.6 is 0 Å². The van der Waals surface area contributed by atoms with Crippen molar-refractivity contribution in [2.24, 2.45) is 0 Å². The van der Waals surface area contributed by atoms with E-state index >= 15 is 0 Å². The molecule has 2 aromatic rings. The number of methoxy groups -OCH3 is 1. The molecule has 2 aromatic carbocycles. The van der Waals surface area contributed by atoms with Crippen molar-refractivity contribution >= 4 is 31.7 Å². The van der Waals surface area contributed by atoms with Crippen molar-refractivity contribution in [3.8, 4) is 11.5 Å². The van der Waals surface area contributed by atoms with Gasteiger partial charge in [0, 0.05) is 13.1 Å². The van der Waals surface area contributed by atoms with Crippen molar-refractivity contribution in [1.82, 2.24) is 4.31 Å². The molecular weight excluding hydrogens is 460 g/mol. The van der Waals surface area contributed by atoms with E-state index in [9.17, 15) is 26.7 Å². The highest BCUT2D eigenvalue weighted by Crippen LogP contribution is 2.33. The molecule has 1 aliphatic heterocycles. The van der Waals surface area contributed by atoms with Gasteiger partial charge in [-0.15, -0.1) is 0 Å². The van der Waals surface area contributed by atoms with Crippen LogP contribution in [0.2, 0.25) is 0 Å². The smallest absolute Gasteiger partial charge is 0.335 e. The van der Waals surface area contributed by atoms with E-state index in [1.54, 1.807) is 6.92 Å². The topological polar surface area (TPSA) is 139 Å². The lowest BCUT2D eigenvalue weighted by atomic mass is 10.2. The molecule has 10 nitrogen and oxygen atoms in total. The molecule has 1 saturated heterocycles. The van der Waals surface area contributed by atoms with Gasteiger partial charge in [-0.3, -0.25) is 4.72 Å². The number of sulfonamides is 2. The van der Waals surface area contributed by atoms with E-state index < -0.39 is 30.9 Å². The lowest BCUT2D eigenvalue weighted by Crippen LogP contribution is -2.28. The third kappa shape index (κ3) is 4.81. The first-order chi connectivity index (χ1) is 15.1. The summed E-state index contributed by atoms with van der Waals surface area (Å²) in [6.45, 7) is 2.70. The molecule has 0 aliphatic carbocycles. The maximum Gasteiger partial charge on any atom is 0.335 e. The van der Waals surface area contributed by atoms with Crippen molar-refractivity contribution in [1.29, 1.82) is 0 Å². The molecule has 1 heterocycles. The van der Waals surface area contributed by atoms with Gasteiger partial charge in [0.1, 0.15) is 21.3 Å². The molecule has 0 saturated carbocycles. The Balaban J connectivity index is 2.04. The van der Waals surface area contributed by atoms with E-state index in [1.807, 2.05) is 0 Å². The molecule has 32 heavy (non-hydrogen) atoms. The van der Waals surface area contributed by atoms with E-state index in [4.69, 9.17) is 9.47 Å². The molecule has 174 valence electrons. The van der Waals surface area contributed by atoms with Crippen LogP contribution in [-0.4, -0.2) is 59.0 Å². The number of aromatic carboxylic acids is 1. The molecule has 1 fully saturated rings. The number of carboxylic acid groups (broad SMARTS) is 1. The molecule has 0 aromatic heterocycles. The van der Waals surface area contributed by atoms with Gasteiger partial charge in [-0.05, 0) is 56.2 Å². The van der Waals surface area contributed by atoms with Crippen LogP contribution in [0.5, 0.6) is 11.5 Å². The van der Waals surface area contributed by atoms with Gasteiger partial charge in [-0.25, -0.2) is 21.6 Å². The van der Waals surface area contributed by atoms with Crippen molar-refractivity contribution in [3.63, 3.8) is 0 Å². The first-order valence-corrected chi connectivity index (χ1v) is 12.7. The number of nitrogens with one attached hydrogen (secondary N) is 1. The Kier molecular flexibility index (Phi) is 6.96. The fraction of sp³-hybridized carbons (Fsp3) is 0.350. The summed E-state index contributed by atoms with van der Waals surface area (Å²) in [5.41, 5.74) is -0.260. The van der Waals surface area contributed by atoms with E-state index in [-0.39, 0.29) is 34.3 Å². The lowest BCUT2D eigenvalue weighted by molar-refractivity contribution is 0.0696. The Labute approximate surface area is 186 Å². The van der Waals surface area contributed by atoms with Crippen LogP contribution in [0.3, 0.4) is 0 Å². The van der Waals surface area contributed by atoms with Crippen molar-refractivity contribution in [2.75, 3.05) is 31.5 Å². The van der Waals surface area contributed by atoms with Crippen LogP contribution in [-0.2, 0) is 20.0 Å². The van der Waals surface area contributed by atoms with E-state index in [0.29, 0.717) is 13.1 Å². The monoisotopic (exact) mass is 484 g/mol. The van der Waals surface area contributed by atoms with Gasteiger partial charge in [0.2, 0.25) is 10.0 Å². The second kappa shape index (κ2) is 9.35. The number of hydrogen-bond donors (Lipinski definition) is 2. The SMILES string of the molecule is CCOc1ccc(NS(=O)(=O)c2cc(C(=O)O)ccc2OC)cc1S(=O)(=O)N1CCCC1. The highest BCUT2D eigenvalue weighted by molar-refractivity contribution is 7.92. The first-order valence-electron chi connectivity index (χ1n) is 9.81. The summed E-state index contributed by atoms with van der Waals surface area (Å²) in [6, 6.07) is 7.38. The predicted octanol–water partition coefficient (Wildman–Crippen LogP) is 2.38. The van der Waals surface area contributed by atoms with Crippen LogP contribution in [0.4, 0.5) is 5.69 Å². The Morgan fingerprint density at radius 3 is 2.28 bits per heavy atom. The number of ether oxygens (including phenoxy) is 2. The summed E-state index contributed by atoms with van der Waals surface area (Å²) in [6.07, 6.45) is 1.49. The maximum absolute atomic E-state index is 13.1. The lowest BCUT2D eigenvalue weighted by Gasteiger charge is -2.19. The second-order valence-electron chi connectivity index (χ2n) is 6.98. The number of rotatable bonds is 9. The Bertz CT molecular complexity index is 1220. The summed E-state index contributed by atoms with van der Waals surface area (Å²) in [7, 11) is -6.94. The number of anilines is 1. The van der Waals surface area contributed by atoms with Crippen LogP contribution in [0.25, 0.3) is 0 Å². The Morgan fingerprint density at radius 2 is 1.69 bits per heavy atom. The largest absolute Gasteiger partial charge is 0.495 e. The molecular formula is C20H24N2O8S2. The average molecular weight is 485 g/mol. The summed E-state index contributed by atoms with van der Waals surface area (Å²) < 4.78 is 66.4. The number of carbonyl (C=O) groups is 1. The molecule has 0 atom stereocenters. The zero-order chi connectivity index (χ0) is 23.5. The van der Waals surface area contributed by atoms with Crippen LogP contribution in [0, 0.1) is 0 Å². The minimum Gasteiger partial charge on any atom is -0.495 e. The second-order valence-corrected chi connectivity index (χ2v) is 10.5. The molecule has 1 aliphatic rings. The van der Waals surface area contributed by atoms with E-state index in [2.05, 4.69) is 4.72 Å². The molecule has 0 unspecified atom stereocenters. The highest BCUT2D eigenvalue weighted by atomic mass is 32.2. The van der Waals surface area contributed by atoms with Crippen molar-refractivity contribution < 1.29 is 36.2 Å². The van der Waals surface area contributed by atoms with Crippen LogP contribution in [0.1, 0.15) is 30.1 Å². The number of carboxylic acids is 1. The van der Waals surface area contributed by atoms with Crippen molar-refractivity contribution in [3.05, 3.63) is 42.0 Å². The van der Waals surface area contributed by atoms with Gasteiger partial charge in [0.15, 0.2) is 0 Å². The fourth-order valence-electron chi connectivity index (χ4n) is 3.35. The number of hydrogen-bond acceptors (Lipinski definition) is 7. The zero-order valence-electron chi connectivity index (χ0n) is 17.6.